The molecule has 0 radical (unpaired) electrons. The molecule has 0 aliphatic carbocycles. The smallest absolute Gasteiger partial charge is 0.258 e. The molecule has 1 heterocycles. The molecule has 1 unspecified atom stereocenters. The van der Waals surface area contributed by atoms with Crippen molar-refractivity contribution < 1.29 is 4.92 Å². The molecule has 6 heteroatoms. The van der Waals surface area contributed by atoms with Crippen molar-refractivity contribution in [2.75, 3.05) is 0 Å². The van der Waals surface area contributed by atoms with Crippen molar-refractivity contribution in [2.45, 2.75) is 23.6 Å². The Labute approximate surface area is 102 Å². The second-order valence-electron chi connectivity index (χ2n) is 2.97. The van der Waals surface area contributed by atoms with Crippen LogP contribution in [0.3, 0.4) is 0 Å². The van der Waals surface area contributed by atoms with Gasteiger partial charge in [-0.3, -0.25) is 10.1 Å². The van der Waals surface area contributed by atoms with Crippen molar-refractivity contribution in [3.05, 3.63) is 41.1 Å². The number of rotatable bonds is 6. The van der Waals surface area contributed by atoms with Gasteiger partial charge in [-0.2, -0.15) is 0 Å². The van der Waals surface area contributed by atoms with Gasteiger partial charge in [0.1, 0.15) is 11.2 Å². The molecule has 1 aromatic heterocycles. The predicted molar refractivity (Wildman–Crippen MR) is 68.6 cm³/mol. The first-order chi connectivity index (χ1) is 7.67. The molecule has 0 amide bonds. The van der Waals surface area contributed by atoms with Crippen molar-refractivity contribution in [3.8, 4) is 0 Å². The minimum absolute atomic E-state index is 0.0186. The third-order valence-corrected chi connectivity index (χ3v) is 4.68. The van der Waals surface area contributed by atoms with Crippen molar-refractivity contribution in [2.24, 2.45) is 0 Å². The summed E-state index contributed by atoms with van der Waals surface area (Å²) in [5, 5.41) is 11.6. The van der Waals surface area contributed by atoms with Gasteiger partial charge in [0.05, 0.1) is 4.92 Å². The number of nitrogens with zero attached hydrogens (tertiary/aromatic N) is 2. The minimum atomic E-state index is -0.451. The summed E-state index contributed by atoms with van der Waals surface area (Å²) in [6.07, 6.45) is 4.18. The van der Waals surface area contributed by atoms with Crippen molar-refractivity contribution in [3.63, 3.8) is 0 Å². The van der Waals surface area contributed by atoms with Crippen LogP contribution >= 0.6 is 21.6 Å². The van der Waals surface area contributed by atoms with Gasteiger partial charge in [-0.05, 0) is 23.3 Å². The molecule has 0 saturated carbocycles. The molecule has 4 nitrogen and oxygen atoms in total. The molecular weight excluding hydrogens is 244 g/mol. The Morgan fingerprint density at radius 1 is 1.69 bits per heavy atom. The average molecular weight is 256 g/mol. The van der Waals surface area contributed by atoms with Gasteiger partial charge in [0.25, 0.3) is 5.69 Å². The van der Waals surface area contributed by atoms with Crippen LogP contribution in [0.25, 0.3) is 0 Å². The van der Waals surface area contributed by atoms with Crippen molar-refractivity contribution in [1.82, 2.24) is 4.98 Å². The van der Waals surface area contributed by atoms with Crippen LogP contribution in [0.2, 0.25) is 0 Å². The fourth-order valence-electron chi connectivity index (χ4n) is 0.915. The maximum absolute atomic E-state index is 10.4. The molecule has 1 atom stereocenters. The van der Waals surface area contributed by atoms with Crippen LogP contribution in [0, 0.1) is 10.1 Å². The van der Waals surface area contributed by atoms with E-state index in [1.165, 1.54) is 23.1 Å². The highest BCUT2D eigenvalue weighted by molar-refractivity contribution is 8.77. The first-order valence-corrected chi connectivity index (χ1v) is 6.95. The van der Waals surface area contributed by atoms with E-state index in [-0.39, 0.29) is 5.69 Å². The van der Waals surface area contributed by atoms with Gasteiger partial charge in [-0.15, -0.1) is 6.58 Å². The maximum atomic E-state index is 10.4. The molecule has 0 spiro atoms. The molecule has 1 aromatic rings. The van der Waals surface area contributed by atoms with E-state index in [9.17, 15) is 10.1 Å². The van der Waals surface area contributed by atoms with Crippen LogP contribution in [0.1, 0.15) is 13.3 Å². The first-order valence-electron chi connectivity index (χ1n) is 4.73. The van der Waals surface area contributed by atoms with Gasteiger partial charge in [0, 0.05) is 11.3 Å². The van der Waals surface area contributed by atoms with Crippen molar-refractivity contribution in [1.29, 1.82) is 0 Å². The number of nitro groups is 1. The molecule has 1 rings (SSSR count). The zero-order valence-electron chi connectivity index (χ0n) is 8.83. The molecule has 0 bridgehead atoms. The highest BCUT2D eigenvalue weighted by Gasteiger charge is 2.07. The van der Waals surface area contributed by atoms with Gasteiger partial charge in [-0.25, -0.2) is 4.98 Å². The standard InChI is InChI=1S/C10H12N2O2S2/c1-3-9(4-2)15-16-10-6-5-8(7-11-10)12(13)14/h3,5-7,9H,1,4H2,2H3. The Balaban J connectivity index is 2.55. The Morgan fingerprint density at radius 2 is 2.44 bits per heavy atom. The Hall–Kier alpha value is -1.01. The normalized spacial score (nSPS) is 12.1. The molecule has 0 fully saturated rings. The third-order valence-electron chi connectivity index (χ3n) is 1.85. The highest BCUT2D eigenvalue weighted by atomic mass is 33.1. The lowest BCUT2D eigenvalue weighted by molar-refractivity contribution is -0.385. The predicted octanol–water partition coefficient (Wildman–Crippen LogP) is 3.69. The topological polar surface area (TPSA) is 56.0 Å². The fourth-order valence-corrected chi connectivity index (χ4v) is 3.18. The fraction of sp³-hybridized carbons (Fsp3) is 0.300. The lowest BCUT2D eigenvalue weighted by Crippen LogP contribution is -1.92. The molecular formula is C10H12N2O2S2. The van der Waals surface area contributed by atoms with Crippen LogP contribution in [-0.2, 0) is 0 Å². The molecule has 86 valence electrons. The molecule has 0 aromatic carbocycles. The van der Waals surface area contributed by atoms with E-state index in [1.807, 2.05) is 6.08 Å². The average Bonchev–Trinajstić information content (AvgIpc) is 2.31. The largest absolute Gasteiger partial charge is 0.287 e. The Morgan fingerprint density at radius 3 is 2.88 bits per heavy atom. The number of aromatic nitrogens is 1. The summed E-state index contributed by atoms with van der Waals surface area (Å²) < 4.78 is 0. The molecule has 0 aliphatic heterocycles. The van der Waals surface area contributed by atoms with Crippen molar-refractivity contribution >= 4 is 27.3 Å². The van der Waals surface area contributed by atoms with Crippen LogP contribution < -0.4 is 0 Å². The first kappa shape index (κ1) is 13.1. The Kier molecular flexibility index (Phi) is 5.34. The van der Waals surface area contributed by atoms with E-state index < -0.39 is 4.92 Å². The summed E-state index contributed by atoms with van der Waals surface area (Å²) >= 11 is 0. The minimum Gasteiger partial charge on any atom is -0.258 e. The monoisotopic (exact) mass is 256 g/mol. The van der Waals surface area contributed by atoms with Gasteiger partial charge in [-0.1, -0.05) is 23.8 Å². The van der Waals surface area contributed by atoms with Crippen LogP contribution in [0.4, 0.5) is 5.69 Å². The summed E-state index contributed by atoms with van der Waals surface area (Å²) in [5.74, 6) is 0. The molecule has 0 N–H and O–H groups in total. The second-order valence-corrected chi connectivity index (χ2v) is 5.43. The SMILES string of the molecule is C=CC(CC)SSc1ccc([N+](=O)[O-])cn1. The zero-order chi connectivity index (χ0) is 12.0. The molecule has 16 heavy (non-hydrogen) atoms. The van der Waals surface area contributed by atoms with E-state index in [0.29, 0.717) is 5.25 Å². The summed E-state index contributed by atoms with van der Waals surface area (Å²) in [7, 11) is 3.16. The second kappa shape index (κ2) is 6.55. The van der Waals surface area contributed by atoms with Gasteiger partial charge < -0.3 is 0 Å². The van der Waals surface area contributed by atoms with E-state index in [2.05, 4.69) is 18.5 Å². The van der Waals surface area contributed by atoms with E-state index in [1.54, 1.807) is 16.9 Å². The third kappa shape index (κ3) is 3.86. The quantitative estimate of drug-likeness (QED) is 0.336. The van der Waals surface area contributed by atoms with E-state index in [4.69, 9.17) is 0 Å². The Bertz CT molecular complexity index is 368. The molecule has 0 aliphatic rings. The zero-order valence-corrected chi connectivity index (χ0v) is 10.5. The van der Waals surface area contributed by atoms with E-state index in [0.717, 1.165) is 11.4 Å². The molecule has 0 saturated heterocycles. The lowest BCUT2D eigenvalue weighted by atomic mass is 10.3. The van der Waals surface area contributed by atoms with Gasteiger partial charge in [0.2, 0.25) is 0 Å². The summed E-state index contributed by atoms with van der Waals surface area (Å²) in [4.78, 5) is 14.0. The lowest BCUT2D eigenvalue weighted by Gasteiger charge is -2.06. The van der Waals surface area contributed by atoms with Gasteiger partial charge >= 0.3 is 0 Å². The van der Waals surface area contributed by atoms with Crippen LogP contribution in [0.5, 0.6) is 0 Å². The maximum Gasteiger partial charge on any atom is 0.287 e. The highest BCUT2D eigenvalue weighted by Crippen LogP contribution is 2.35. The summed E-state index contributed by atoms with van der Waals surface area (Å²) in [5.41, 5.74) is 0.0186. The summed E-state index contributed by atoms with van der Waals surface area (Å²) in [6.45, 7) is 5.82. The van der Waals surface area contributed by atoms with Crippen LogP contribution in [-0.4, -0.2) is 15.2 Å². The van der Waals surface area contributed by atoms with Crippen LogP contribution in [0.15, 0.2) is 36.0 Å². The number of hydrogen-bond donors (Lipinski definition) is 0. The van der Waals surface area contributed by atoms with Gasteiger partial charge in [0.15, 0.2) is 0 Å². The van der Waals surface area contributed by atoms with E-state index >= 15 is 0 Å². The number of hydrogen-bond acceptors (Lipinski definition) is 5. The summed E-state index contributed by atoms with van der Waals surface area (Å²) in [6, 6.07) is 3.12. The number of pyridine rings is 1.